The van der Waals surface area contributed by atoms with Gasteiger partial charge in [-0.3, -0.25) is 0 Å². The molecule has 0 unspecified atom stereocenters. The van der Waals surface area contributed by atoms with Crippen LogP contribution in [0.5, 0.6) is 0 Å². The van der Waals surface area contributed by atoms with Crippen LogP contribution in [0.25, 0.3) is 11.5 Å². The molecule has 0 radical (unpaired) electrons. The predicted molar refractivity (Wildman–Crippen MR) is 85.9 cm³/mol. The summed E-state index contributed by atoms with van der Waals surface area (Å²) in [6.45, 7) is 2.26. The molecule has 6 heteroatoms. The van der Waals surface area contributed by atoms with E-state index in [1.165, 1.54) is 0 Å². The van der Waals surface area contributed by atoms with Crippen LogP contribution in [0.1, 0.15) is 38.4 Å². The van der Waals surface area contributed by atoms with Crippen molar-refractivity contribution in [1.82, 2.24) is 10.1 Å². The lowest BCUT2D eigenvalue weighted by molar-refractivity contribution is 0.230. The predicted octanol–water partition coefficient (Wildman–Crippen LogP) is 4.52. The van der Waals surface area contributed by atoms with E-state index in [-0.39, 0.29) is 0 Å². The van der Waals surface area contributed by atoms with E-state index in [4.69, 9.17) is 21.9 Å². The number of halogens is 2. The summed E-state index contributed by atoms with van der Waals surface area (Å²) >= 11 is 9.42. The van der Waals surface area contributed by atoms with Crippen molar-refractivity contribution < 1.29 is 4.52 Å². The van der Waals surface area contributed by atoms with Gasteiger partial charge in [0.2, 0.25) is 0 Å². The Morgan fingerprint density at radius 3 is 2.76 bits per heavy atom. The molecular weight excluding hydrogens is 354 g/mol. The van der Waals surface area contributed by atoms with Gasteiger partial charge in [0, 0.05) is 9.50 Å². The number of benzene rings is 1. The summed E-state index contributed by atoms with van der Waals surface area (Å²) in [7, 11) is 0. The van der Waals surface area contributed by atoms with E-state index >= 15 is 0 Å². The first-order chi connectivity index (χ1) is 9.98. The number of aromatic nitrogens is 2. The van der Waals surface area contributed by atoms with Crippen LogP contribution >= 0.6 is 27.5 Å². The van der Waals surface area contributed by atoms with Crippen molar-refractivity contribution in [3.63, 3.8) is 0 Å². The molecule has 1 fully saturated rings. The Morgan fingerprint density at radius 2 is 2.10 bits per heavy atom. The molecule has 0 aliphatic heterocycles. The van der Waals surface area contributed by atoms with Crippen molar-refractivity contribution in [3.05, 3.63) is 33.5 Å². The first kappa shape index (κ1) is 15.0. The SMILES string of the molecule is CC1CCC(N)(c2noc(-c3ccc(Cl)cc3Br)n2)CC1. The Labute approximate surface area is 137 Å². The van der Waals surface area contributed by atoms with Crippen LogP contribution in [0.4, 0.5) is 0 Å². The van der Waals surface area contributed by atoms with Crippen LogP contribution < -0.4 is 5.73 Å². The fraction of sp³-hybridized carbons (Fsp3) is 0.467. The van der Waals surface area contributed by atoms with Crippen LogP contribution in [0, 0.1) is 5.92 Å². The molecule has 1 saturated carbocycles. The first-order valence-electron chi connectivity index (χ1n) is 7.06. The van der Waals surface area contributed by atoms with E-state index in [2.05, 4.69) is 33.0 Å². The van der Waals surface area contributed by atoms with E-state index in [1.54, 1.807) is 12.1 Å². The molecule has 112 valence electrons. The number of nitrogens with two attached hydrogens (primary N) is 1. The molecule has 4 nitrogen and oxygen atoms in total. The summed E-state index contributed by atoms with van der Waals surface area (Å²) in [6.07, 6.45) is 4.00. The molecule has 1 aliphatic carbocycles. The third kappa shape index (κ3) is 3.00. The summed E-state index contributed by atoms with van der Waals surface area (Å²) in [4.78, 5) is 4.52. The zero-order valence-corrected chi connectivity index (χ0v) is 14.1. The molecule has 1 aromatic heterocycles. The van der Waals surface area contributed by atoms with Crippen molar-refractivity contribution in [2.24, 2.45) is 11.7 Å². The second-order valence-electron chi connectivity index (χ2n) is 5.89. The molecule has 1 heterocycles. The molecule has 0 bridgehead atoms. The van der Waals surface area contributed by atoms with E-state index in [0.717, 1.165) is 41.6 Å². The quantitative estimate of drug-likeness (QED) is 0.844. The number of hydrogen-bond donors (Lipinski definition) is 1. The standard InChI is InChI=1S/C15H17BrClN3O/c1-9-4-6-15(18,7-5-9)14-19-13(21-20-14)11-3-2-10(17)8-12(11)16/h2-3,8-9H,4-7,18H2,1H3. The largest absolute Gasteiger partial charge is 0.334 e. The monoisotopic (exact) mass is 369 g/mol. The molecule has 1 aromatic carbocycles. The zero-order valence-electron chi connectivity index (χ0n) is 11.8. The smallest absolute Gasteiger partial charge is 0.259 e. The number of rotatable bonds is 2. The zero-order chi connectivity index (χ0) is 15.0. The van der Waals surface area contributed by atoms with Gasteiger partial charge in [0.15, 0.2) is 5.82 Å². The molecule has 3 rings (SSSR count). The van der Waals surface area contributed by atoms with Crippen molar-refractivity contribution in [1.29, 1.82) is 0 Å². The van der Waals surface area contributed by atoms with Crippen molar-refractivity contribution >= 4 is 27.5 Å². The van der Waals surface area contributed by atoms with Gasteiger partial charge in [-0.1, -0.05) is 23.7 Å². The minimum atomic E-state index is -0.465. The number of hydrogen-bond acceptors (Lipinski definition) is 4. The van der Waals surface area contributed by atoms with Gasteiger partial charge in [-0.05, 0) is 65.7 Å². The molecule has 21 heavy (non-hydrogen) atoms. The van der Waals surface area contributed by atoms with E-state index in [0.29, 0.717) is 16.7 Å². The van der Waals surface area contributed by atoms with Gasteiger partial charge in [0.05, 0.1) is 11.1 Å². The summed E-state index contributed by atoms with van der Waals surface area (Å²) in [6, 6.07) is 5.46. The molecule has 0 saturated heterocycles. The lowest BCUT2D eigenvalue weighted by Gasteiger charge is -2.33. The molecule has 0 atom stereocenters. The van der Waals surface area contributed by atoms with Gasteiger partial charge in [0.1, 0.15) is 0 Å². The highest BCUT2D eigenvalue weighted by atomic mass is 79.9. The highest BCUT2D eigenvalue weighted by Gasteiger charge is 2.36. The van der Waals surface area contributed by atoms with Gasteiger partial charge in [-0.25, -0.2) is 0 Å². The fourth-order valence-corrected chi connectivity index (χ4v) is 3.55. The van der Waals surface area contributed by atoms with Crippen molar-refractivity contribution in [2.45, 2.75) is 38.1 Å². The first-order valence-corrected chi connectivity index (χ1v) is 8.23. The topological polar surface area (TPSA) is 64.9 Å². The third-order valence-electron chi connectivity index (χ3n) is 4.20. The molecule has 2 aromatic rings. The molecule has 2 N–H and O–H groups in total. The lowest BCUT2D eigenvalue weighted by Crippen LogP contribution is -2.41. The summed E-state index contributed by atoms with van der Waals surface area (Å²) < 4.78 is 6.23. The van der Waals surface area contributed by atoms with Gasteiger partial charge in [0.25, 0.3) is 5.89 Å². The summed E-state index contributed by atoms with van der Waals surface area (Å²) in [5.41, 5.74) is 6.84. The minimum absolute atomic E-state index is 0.465. The molecule has 0 spiro atoms. The van der Waals surface area contributed by atoms with Gasteiger partial charge in [-0.15, -0.1) is 0 Å². The molecular formula is C15H17BrClN3O. The van der Waals surface area contributed by atoms with Crippen molar-refractivity contribution in [2.75, 3.05) is 0 Å². The molecule has 1 aliphatic rings. The maximum absolute atomic E-state index is 6.48. The second kappa shape index (κ2) is 5.71. The maximum Gasteiger partial charge on any atom is 0.259 e. The third-order valence-corrected chi connectivity index (χ3v) is 5.09. The lowest BCUT2D eigenvalue weighted by atomic mass is 9.77. The Kier molecular flexibility index (Phi) is 4.08. The Morgan fingerprint density at radius 1 is 1.38 bits per heavy atom. The normalized spacial score (nSPS) is 26.0. The van der Waals surface area contributed by atoms with E-state index in [1.807, 2.05) is 6.07 Å². The van der Waals surface area contributed by atoms with Crippen LogP contribution in [-0.4, -0.2) is 10.1 Å². The van der Waals surface area contributed by atoms with Crippen LogP contribution in [0.3, 0.4) is 0 Å². The van der Waals surface area contributed by atoms with Crippen LogP contribution in [-0.2, 0) is 5.54 Å². The Hall–Kier alpha value is -0.910. The van der Waals surface area contributed by atoms with E-state index in [9.17, 15) is 0 Å². The second-order valence-corrected chi connectivity index (χ2v) is 7.18. The minimum Gasteiger partial charge on any atom is -0.334 e. The number of nitrogens with zero attached hydrogens (tertiary/aromatic N) is 2. The average molecular weight is 371 g/mol. The molecule has 0 amide bonds. The van der Waals surface area contributed by atoms with Gasteiger partial charge >= 0.3 is 0 Å². The summed E-state index contributed by atoms with van der Waals surface area (Å²) in [5, 5.41) is 4.77. The summed E-state index contributed by atoms with van der Waals surface area (Å²) in [5.74, 6) is 1.79. The fourth-order valence-electron chi connectivity index (χ4n) is 2.70. The highest BCUT2D eigenvalue weighted by molar-refractivity contribution is 9.10. The van der Waals surface area contributed by atoms with Gasteiger partial charge in [-0.2, -0.15) is 4.98 Å². The highest BCUT2D eigenvalue weighted by Crippen LogP contribution is 2.37. The van der Waals surface area contributed by atoms with Gasteiger partial charge < -0.3 is 10.3 Å². The van der Waals surface area contributed by atoms with E-state index < -0.39 is 5.54 Å². The van der Waals surface area contributed by atoms with Crippen molar-refractivity contribution in [3.8, 4) is 11.5 Å². The van der Waals surface area contributed by atoms with Crippen LogP contribution in [0.15, 0.2) is 27.2 Å². The Bertz CT molecular complexity index is 650. The average Bonchev–Trinajstić information content (AvgIpc) is 2.92. The Balaban J connectivity index is 1.89. The maximum atomic E-state index is 6.48. The van der Waals surface area contributed by atoms with Crippen LogP contribution in [0.2, 0.25) is 5.02 Å².